The van der Waals surface area contributed by atoms with E-state index in [2.05, 4.69) is 21.6 Å². The Bertz CT molecular complexity index is 755. The van der Waals surface area contributed by atoms with Crippen molar-refractivity contribution in [3.63, 3.8) is 0 Å². The maximum atomic E-state index is 12.6. The van der Waals surface area contributed by atoms with Crippen LogP contribution in [0.25, 0.3) is 0 Å². The Balaban J connectivity index is 1.78. The molecule has 0 aliphatic carbocycles. The van der Waals surface area contributed by atoms with Gasteiger partial charge >= 0.3 is 0 Å². The molecule has 1 amide bonds. The molecule has 0 unspecified atom stereocenters. The van der Waals surface area contributed by atoms with Gasteiger partial charge in [-0.1, -0.05) is 6.07 Å². The van der Waals surface area contributed by atoms with Gasteiger partial charge in [-0.05, 0) is 31.4 Å². The first kappa shape index (κ1) is 15.5. The van der Waals surface area contributed by atoms with Crippen molar-refractivity contribution in [2.24, 2.45) is 7.05 Å². The van der Waals surface area contributed by atoms with Crippen LogP contribution in [0.4, 0.5) is 0 Å². The highest BCUT2D eigenvalue weighted by Gasteiger charge is 2.20. The van der Waals surface area contributed by atoms with Gasteiger partial charge in [0.1, 0.15) is 6.04 Å². The zero-order valence-corrected chi connectivity index (χ0v) is 14.2. The van der Waals surface area contributed by atoms with Gasteiger partial charge in [-0.15, -0.1) is 11.3 Å². The maximum Gasteiger partial charge on any atom is 0.255 e. The van der Waals surface area contributed by atoms with Crippen molar-refractivity contribution in [2.75, 3.05) is 6.54 Å². The molecule has 0 aliphatic rings. The lowest BCUT2D eigenvalue weighted by molar-refractivity contribution is 0.0948. The molecule has 0 radical (unpaired) electrons. The van der Waals surface area contributed by atoms with E-state index in [0.717, 1.165) is 16.3 Å². The van der Waals surface area contributed by atoms with Crippen LogP contribution in [0, 0.1) is 13.8 Å². The Labute approximate surface area is 138 Å². The van der Waals surface area contributed by atoms with E-state index in [1.54, 1.807) is 22.2 Å². The molecule has 7 heteroatoms. The average molecular weight is 329 g/mol. The fraction of sp³-hybridized carbons (Fsp3) is 0.312. The zero-order valence-electron chi connectivity index (χ0n) is 13.4. The Morgan fingerprint density at radius 2 is 2.22 bits per heavy atom. The molecule has 3 aromatic heterocycles. The van der Waals surface area contributed by atoms with Crippen molar-refractivity contribution in [3.05, 3.63) is 57.8 Å². The first-order valence-electron chi connectivity index (χ1n) is 7.39. The van der Waals surface area contributed by atoms with Crippen molar-refractivity contribution < 1.29 is 4.79 Å². The topological polar surface area (TPSA) is 64.7 Å². The summed E-state index contributed by atoms with van der Waals surface area (Å²) in [5.74, 6) is -0.0955. The number of rotatable bonds is 5. The van der Waals surface area contributed by atoms with Crippen LogP contribution in [-0.2, 0) is 7.05 Å². The Morgan fingerprint density at radius 3 is 2.78 bits per heavy atom. The van der Waals surface area contributed by atoms with E-state index in [-0.39, 0.29) is 11.9 Å². The monoisotopic (exact) mass is 329 g/mol. The minimum atomic E-state index is -0.0955. The van der Waals surface area contributed by atoms with Crippen LogP contribution >= 0.6 is 11.3 Å². The van der Waals surface area contributed by atoms with Gasteiger partial charge in [-0.2, -0.15) is 10.2 Å². The molecule has 3 rings (SSSR count). The van der Waals surface area contributed by atoms with E-state index < -0.39 is 0 Å². The van der Waals surface area contributed by atoms with E-state index in [0.29, 0.717) is 12.1 Å². The molecule has 0 aliphatic heterocycles. The fourth-order valence-electron chi connectivity index (χ4n) is 2.65. The SMILES string of the molecule is Cc1nn(C)c(C)c1C(=O)NC[C@H](c1cccs1)n1cccn1. The van der Waals surface area contributed by atoms with Gasteiger partial charge in [0.2, 0.25) is 0 Å². The van der Waals surface area contributed by atoms with Crippen molar-refractivity contribution in [3.8, 4) is 0 Å². The molecule has 0 bridgehead atoms. The highest BCUT2D eigenvalue weighted by molar-refractivity contribution is 7.10. The van der Waals surface area contributed by atoms with Crippen LogP contribution in [0.1, 0.15) is 32.7 Å². The molecule has 3 aromatic rings. The number of carbonyl (C=O) groups excluding carboxylic acids is 1. The molecule has 0 saturated carbocycles. The molecule has 0 fully saturated rings. The highest BCUT2D eigenvalue weighted by atomic mass is 32.1. The average Bonchev–Trinajstić information content (AvgIpc) is 3.24. The van der Waals surface area contributed by atoms with Crippen molar-refractivity contribution in [1.82, 2.24) is 24.9 Å². The smallest absolute Gasteiger partial charge is 0.255 e. The fourth-order valence-corrected chi connectivity index (χ4v) is 3.47. The molecule has 0 spiro atoms. The molecule has 23 heavy (non-hydrogen) atoms. The third-order valence-electron chi connectivity index (χ3n) is 3.91. The lowest BCUT2D eigenvalue weighted by atomic mass is 10.1. The van der Waals surface area contributed by atoms with Crippen LogP contribution in [0.3, 0.4) is 0 Å². The lowest BCUT2D eigenvalue weighted by Crippen LogP contribution is -2.31. The minimum Gasteiger partial charge on any atom is -0.349 e. The van der Waals surface area contributed by atoms with Gasteiger partial charge in [0.05, 0.1) is 11.3 Å². The van der Waals surface area contributed by atoms with Gasteiger partial charge in [-0.3, -0.25) is 14.2 Å². The van der Waals surface area contributed by atoms with E-state index in [4.69, 9.17) is 0 Å². The summed E-state index contributed by atoms with van der Waals surface area (Å²) in [6.07, 6.45) is 3.66. The summed E-state index contributed by atoms with van der Waals surface area (Å²) in [7, 11) is 1.84. The van der Waals surface area contributed by atoms with Crippen LogP contribution < -0.4 is 5.32 Å². The summed E-state index contributed by atoms with van der Waals surface area (Å²) in [6, 6.07) is 5.95. The molecule has 1 N–H and O–H groups in total. The number of nitrogens with zero attached hydrogens (tertiary/aromatic N) is 4. The van der Waals surface area contributed by atoms with Crippen LogP contribution in [0.5, 0.6) is 0 Å². The normalized spacial score (nSPS) is 12.3. The Hall–Kier alpha value is -2.41. The number of amides is 1. The summed E-state index contributed by atoms with van der Waals surface area (Å²) in [4.78, 5) is 13.7. The molecule has 6 nitrogen and oxygen atoms in total. The summed E-state index contributed by atoms with van der Waals surface area (Å²) in [6.45, 7) is 4.24. The lowest BCUT2D eigenvalue weighted by Gasteiger charge is -2.17. The molecule has 0 aromatic carbocycles. The maximum absolute atomic E-state index is 12.6. The number of nitrogens with one attached hydrogen (secondary N) is 1. The molecule has 120 valence electrons. The van der Waals surface area contributed by atoms with Crippen molar-refractivity contribution in [2.45, 2.75) is 19.9 Å². The van der Waals surface area contributed by atoms with Crippen LogP contribution in [-0.4, -0.2) is 32.0 Å². The third kappa shape index (κ3) is 3.05. The van der Waals surface area contributed by atoms with Crippen molar-refractivity contribution in [1.29, 1.82) is 0 Å². The first-order valence-corrected chi connectivity index (χ1v) is 8.27. The van der Waals surface area contributed by atoms with Gasteiger partial charge in [-0.25, -0.2) is 0 Å². The molecule has 3 heterocycles. The molecule has 1 atom stereocenters. The Kier molecular flexibility index (Phi) is 4.29. The second-order valence-electron chi connectivity index (χ2n) is 5.40. The number of aromatic nitrogens is 4. The second-order valence-corrected chi connectivity index (χ2v) is 6.38. The van der Waals surface area contributed by atoms with Crippen LogP contribution in [0.15, 0.2) is 36.0 Å². The minimum absolute atomic E-state index is 0.00812. The number of thiophene rings is 1. The van der Waals surface area contributed by atoms with Gasteiger partial charge in [0.25, 0.3) is 5.91 Å². The quantitative estimate of drug-likeness (QED) is 0.781. The predicted octanol–water partition coefficient (Wildman–Crippen LogP) is 2.31. The largest absolute Gasteiger partial charge is 0.349 e. The second kappa shape index (κ2) is 6.37. The van der Waals surface area contributed by atoms with Crippen molar-refractivity contribution >= 4 is 17.2 Å². The van der Waals surface area contributed by atoms with E-state index in [1.165, 1.54) is 0 Å². The van der Waals surface area contributed by atoms with Gasteiger partial charge in [0.15, 0.2) is 0 Å². The number of carbonyl (C=O) groups is 1. The molecule has 0 saturated heterocycles. The van der Waals surface area contributed by atoms with E-state index in [1.807, 2.05) is 49.3 Å². The van der Waals surface area contributed by atoms with E-state index in [9.17, 15) is 4.79 Å². The molecular formula is C16H19N5OS. The van der Waals surface area contributed by atoms with E-state index >= 15 is 0 Å². The number of aryl methyl sites for hydroxylation is 2. The summed E-state index contributed by atoms with van der Waals surface area (Å²) >= 11 is 1.66. The Morgan fingerprint density at radius 1 is 1.39 bits per heavy atom. The third-order valence-corrected chi connectivity index (χ3v) is 4.88. The van der Waals surface area contributed by atoms with Gasteiger partial charge in [0, 0.05) is 36.6 Å². The zero-order chi connectivity index (χ0) is 16.4. The number of hydrogen-bond acceptors (Lipinski definition) is 4. The van der Waals surface area contributed by atoms with Gasteiger partial charge < -0.3 is 5.32 Å². The summed E-state index contributed by atoms with van der Waals surface area (Å²) in [5, 5.41) is 13.7. The summed E-state index contributed by atoms with van der Waals surface area (Å²) < 4.78 is 3.60. The van der Waals surface area contributed by atoms with Crippen LogP contribution in [0.2, 0.25) is 0 Å². The standard InChI is InChI=1S/C16H19N5OS/c1-11-15(12(2)20(3)19-11)16(22)17-10-13(14-6-4-9-23-14)21-8-5-7-18-21/h4-9,13H,10H2,1-3H3,(H,17,22)/t13-/m1/s1. The first-order chi connectivity index (χ1) is 11.1. The molecular weight excluding hydrogens is 310 g/mol. The number of hydrogen-bond donors (Lipinski definition) is 1. The predicted molar refractivity (Wildman–Crippen MR) is 89.7 cm³/mol. The highest BCUT2D eigenvalue weighted by Crippen LogP contribution is 2.22. The summed E-state index contributed by atoms with van der Waals surface area (Å²) in [5.41, 5.74) is 2.26.